The summed E-state index contributed by atoms with van der Waals surface area (Å²) in [5.41, 5.74) is 2.43. The summed E-state index contributed by atoms with van der Waals surface area (Å²) in [5.74, 6) is 1.19. The van der Waals surface area contributed by atoms with Gasteiger partial charge in [0.15, 0.2) is 0 Å². The third kappa shape index (κ3) is 2.15. The first kappa shape index (κ1) is 12.6. The zero-order chi connectivity index (χ0) is 13.3. The van der Waals surface area contributed by atoms with E-state index < -0.39 is 0 Å². The van der Waals surface area contributed by atoms with Gasteiger partial charge < -0.3 is 14.6 Å². The molecule has 0 aliphatic carbocycles. The number of hydrogen-bond donors (Lipinski definition) is 1. The number of nitrogens with zero attached hydrogens (tertiary/aromatic N) is 2. The van der Waals surface area contributed by atoms with Gasteiger partial charge in [0.1, 0.15) is 5.82 Å². The van der Waals surface area contributed by atoms with Crippen molar-refractivity contribution in [3.63, 3.8) is 0 Å². The van der Waals surface area contributed by atoms with E-state index in [2.05, 4.69) is 41.1 Å². The predicted molar refractivity (Wildman–Crippen MR) is 76.4 cm³/mol. The van der Waals surface area contributed by atoms with Crippen molar-refractivity contribution in [3.8, 4) is 0 Å². The highest BCUT2D eigenvalue weighted by Gasteiger charge is 2.35. The molecule has 1 aromatic heterocycles. The number of nitrogens with one attached hydrogen (secondary N) is 1. The molecule has 4 heteroatoms. The Kier molecular flexibility index (Phi) is 3.29. The van der Waals surface area contributed by atoms with Gasteiger partial charge in [-0.3, -0.25) is 0 Å². The van der Waals surface area contributed by atoms with Crippen LogP contribution in [0.15, 0.2) is 24.3 Å². The van der Waals surface area contributed by atoms with Gasteiger partial charge in [-0.25, -0.2) is 4.98 Å². The molecule has 4 nitrogen and oxygen atoms in total. The topological polar surface area (TPSA) is 39.1 Å². The molecule has 1 atom stereocenters. The summed E-state index contributed by atoms with van der Waals surface area (Å²) in [6.45, 7) is 5.96. The number of hydrogen-bond acceptors (Lipinski definition) is 3. The number of imidazole rings is 1. The number of ether oxygens (including phenoxy) is 1. The van der Waals surface area contributed by atoms with E-state index in [-0.39, 0.29) is 5.41 Å². The number of methoxy groups -OCH3 is 1. The molecule has 1 aliphatic heterocycles. The minimum absolute atomic E-state index is 0.132. The van der Waals surface area contributed by atoms with E-state index in [4.69, 9.17) is 9.72 Å². The van der Waals surface area contributed by atoms with E-state index in [0.717, 1.165) is 38.2 Å². The molecule has 0 saturated carbocycles. The number of fused-ring (bicyclic) bond motifs is 1. The predicted octanol–water partition coefficient (Wildman–Crippen LogP) is 1.93. The lowest BCUT2D eigenvalue weighted by Gasteiger charge is -2.23. The second kappa shape index (κ2) is 4.94. The summed E-state index contributed by atoms with van der Waals surface area (Å²) in [7, 11) is 1.75. The van der Waals surface area contributed by atoms with Crippen molar-refractivity contribution >= 4 is 11.0 Å². The molecule has 1 N–H and O–H groups in total. The molecule has 0 radical (unpaired) electrons. The average molecular weight is 259 g/mol. The van der Waals surface area contributed by atoms with E-state index in [1.54, 1.807) is 7.11 Å². The van der Waals surface area contributed by atoms with Gasteiger partial charge >= 0.3 is 0 Å². The summed E-state index contributed by atoms with van der Waals surface area (Å²) in [4.78, 5) is 4.89. The van der Waals surface area contributed by atoms with Crippen molar-refractivity contribution < 1.29 is 4.74 Å². The van der Waals surface area contributed by atoms with Gasteiger partial charge in [-0.05, 0) is 25.1 Å². The lowest BCUT2D eigenvalue weighted by molar-refractivity contribution is 0.186. The van der Waals surface area contributed by atoms with Gasteiger partial charge in [0.2, 0.25) is 0 Å². The van der Waals surface area contributed by atoms with Crippen LogP contribution in [0.3, 0.4) is 0 Å². The highest BCUT2D eigenvalue weighted by atomic mass is 16.5. The third-order valence-electron chi connectivity index (χ3n) is 4.08. The highest BCUT2D eigenvalue weighted by molar-refractivity contribution is 5.76. The van der Waals surface area contributed by atoms with Gasteiger partial charge in [-0.15, -0.1) is 0 Å². The average Bonchev–Trinajstić information content (AvgIpc) is 3.01. The normalized spacial score (nSPS) is 23.3. The number of para-hydroxylation sites is 2. The molecule has 3 rings (SSSR count). The van der Waals surface area contributed by atoms with Crippen LogP contribution in [0.25, 0.3) is 11.0 Å². The molecule has 0 spiro atoms. The smallest absolute Gasteiger partial charge is 0.117 e. The van der Waals surface area contributed by atoms with Crippen LogP contribution in [0.4, 0.5) is 0 Å². The molecular weight excluding hydrogens is 238 g/mol. The minimum atomic E-state index is 0.132. The maximum Gasteiger partial charge on any atom is 0.117 e. The Balaban J connectivity index is 2.11. The van der Waals surface area contributed by atoms with Crippen molar-refractivity contribution in [1.82, 2.24) is 14.9 Å². The maximum absolute atomic E-state index is 5.25. The Morgan fingerprint density at radius 2 is 2.26 bits per heavy atom. The number of rotatable bonds is 4. The largest absolute Gasteiger partial charge is 0.383 e. The second-order valence-electron chi connectivity index (χ2n) is 5.56. The Hall–Kier alpha value is -1.39. The SMILES string of the molecule is COCCn1c(C2(C)CCNC2)nc2ccccc21. The van der Waals surface area contributed by atoms with Crippen LogP contribution in [0.5, 0.6) is 0 Å². The molecule has 1 aromatic carbocycles. The van der Waals surface area contributed by atoms with Gasteiger partial charge in [-0.2, -0.15) is 0 Å². The van der Waals surface area contributed by atoms with E-state index >= 15 is 0 Å². The lowest BCUT2D eigenvalue weighted by Crippen LogP contribution is -2.29. The Bertz CT molecular complexity index is 570. The number of benzene rings is 1. The zero-order valence-corrected chi connectivity index (χ0v) is 11.6. The van der Waals surface area contributed by atoms with Crippen LogP contribution >= 0.6 is 0 Å². The monoisotopic (exact) mass is 259 g/mol. The molecule has 102 valence electrons. The fourth-order valence-electron chi connectivity index (χ4n) is 2.95. The van der Waals surface area contributed by atoms with Gasteiger partial charge in [0.25, 0.3) is 0 Å². The summed E-state index contributed by atoms with van der Waals surface area (Å²) in [6.07, 6.45) is 1.14. The first-order valence-electron chi connectivity index (χ1n) is 6.90. The zero-order valence-electron chi connectivity index (χ0n) is 11.6. The van der Waals surface area contributed by atoms with Gasteiger partial charge in [0.05, 0.1) is 17.6 Å². The second-order valence-corrected chi connectivity index (χ2v) is 5.56. The number of aromatic nitrogens is 2. The van der Waals surface area contributed by atoms with E-state index in [1.807, 2.05) is 0 Å². The highest BCUT2D eigenvalue weighted by Crippen LogP contribution is 2.31. The van der Waals surface area contributed by atoms with Crippen molar-refractivity contribution in [2.45, 2.75) is 25.3 Å². The summed E-state index contributed by atoms with van der Waals surface area (Å²) < 4.78 is 7.58. The molecule has 19 heavy (non-hydrogen) atoms. The Morgan fingerprint density at radius 1 is 1.42 bits per heavy atom. The van der Waals surface area contributed by atoms with Crippen molar-refractivity contribution in [2.75, 3.05) is 26.8 Å². The molecule has 0 bridgehead atoms. The van der Waals surface area contributed by atoms with Crippen LogP contribution in [-0.4, -0.2) is 36.4 Å². The third-order valence-corrected chi connectivity index (χ3v) is 4.08. The minimum Gasteiger partial charge on any atom is -0.383 e. The van der Waals surface area contributed by atoms with Crippen LogP contribution < -0.4 is 5.32 Å². The van der Waals surface area contributed by atoms with Gasteiger partial charge in [0, 0.05) is 25.6 Å². The van der Waals surface area contributed by atoms with Crippen LogP contribution in [0.1, 0.15) is 19.2 Å². The molecule has 1 fully saturated rings. The summed E-state index contributed by atoms with van der Waals surface area (Å²) in [6, 6.07) is 8.36. The Labute approximate surface area is 113 Å². The molecule has 1 saturated heterocycles. The molecular formula is C15H21N3O. The maximum atomic E-state index is 5.25. The van der Waals surface area contributed by atoms with E-state index in [0.29, 0.717) is 0 Å². The van der Waals surface area contributed by atoms with Crippen molar-refractivity contribution in [2.24, 2.45) is 0 Å². The molecule has 2 heterocycles. The first-order chi connectivity index (χ1) is 9.24. The fourth-order valence-corrected chi connectivity index (χ4v) is 2.95. The van der Waals surface area contributed by atoms with Crippen molar-refractivity contribution in [3.05, 3.63) is 30.1 Å². The van der Waals surface area contributed by atoms with Crippen LogP contribution in [0, 0.1) is 0 Å². The van der Waals surface area contributed by atoms with Gasteiger partial charge in [-0.1, -0.05) is 19.1 Å². The van der Waals surface area contributed by atoms with E-state index in [1.165, 1.54) is 11.3 Å². The standard InChI is InChI=1S/C15H21N3O/c1-15(7-8-16-11-15)14-17-12-5-3-4-6-13(12)18(14)9-10-19-2/h3-6,16H,7-11H2,1-2H3. The Morgan fingerprint density at radius 3 is 3.00 bits per heavy atom. The molecule has 2 aromatic rings. The van der Waals surface area contributed by atoms with E-state index in [9.17, 15) is 0 Å². The molecule has 0 amide bonds. The van der Waals surface area contributed by atoms with Crippen LogP contribution in [0.2, 0.25) is 0 Å². The molecule has 1 aliphatic rings. The summed E-state index contributed by atoms with van der Waals surface area (Å²) >= 11 is 0. The fraction of sp³-hybridized carbons (Fsp3) is 0.533. The lowest BCUT2D eigenvalue weighted by atomic mass is 9.89. The molecule has 1 unspecified atom stereocenters. The van der Waals surface area contributed by atoms with Crippen molar-refractivity contribution in [1.29, 1.82) is 0 Å². The summed E-state index contributed by atoms with van der Waals surface area (Å²) in [5, 5.41) is 3.45. The van der Waals surface area contributed by atoms with Crippen LogP contribution in [-0.2, 0) is 16.7 Å². The quantitative estimate of drug-likeness (QED) is 0.912. The first-order valence-corrected chi connectivity index (χ1v) is 6.90.